The number of aromatic nitrogens is 1. The lowest BCUT2D eigenvalue weighted by Crippen LogP contribution is -2.26. The van der Waals surface area contributed by atoms with Gasteiger partial charge in [0.15, 0.2) is 0 Å². The fourth-order valence-corrected chi connectivity index (χ4v) is 2.81. The van der Waals surface area contributed by atoms with Crippen LogP contribution in [0.3, 0.4) is 0 Å². The molecular formula is C13H14FN3O2S. The summed E-state index contributed by atoms with van der Waals surface area (Å²) in [5.41, 5.74) is 6.96. The minimum Gasteiger partial charge on any atom is -0.399 e. The largest absolute Gasteiger partial charge is 0.399 e. The molecule has 0 aliphatic heterocycles. The number of nitrogens with two attached hydrogens (primary N) is 1. The van der Waals surface area contributed by atoms with Crippen LogP contribution in [0.1, 0.15) is 5.56 Å². The fourth-order valence-electron chi connectivity index (χ4n) is 1.68. The summed E-state index contributed by atoms with van der Waals surface area (Å²) in [6, 6.07) is 7.82. The van der Waals surface area contributed by atoms with E-state index in [-0.39, 0.29) is 11.4 Å². The van der Waals surface area contributed by atoms with Crippen molar-refractivity contribution in [1.82, 2.24) is 9.29 Å². The lowest BCUT2D eigenvalue weighted by molar-refractivity contribution is 0.465. The minimum atomic E-state index is -3.77. The van der Waals surface area contributed by atoms with Gasteiger partial charge < -0.3 is 5.73 Å². The van der Waals surface area contributed by atoms with Gasteiger partial charge in [0.1, 0.15) is 10.7 Å². The molecule has 106 valence electrons. The number of anilines is 1. The summed E-state index contributed by atoms with van der Waals surface area (Å²) in [6.45, 7) is 0.166. The molecule has 0 amide bonds. The Labute approximate surface area is 116 Å². The Hall–Kier alpha value is -1.99. The van der Waals surface area contributed by atoms with Crippen LogP contribution in [0.5, 0.6) is 0 Å². The second kappa shape index (κ2) is 5.56. The van der Waals surface area contributed by atoms with E-state index in [1.165, 1.54) is 7.05 Å². The summed E-state index contributed by atoms with van der Waals surface area (Å²) < 4.78 is 38.7. The second-order valence-corrected chi connectivity index (χ2v) is 6.39. The number of hydrogen-bond acceptors (Lipinski definition) is 4. The topological polar surface area (TPSA) is 76.3 Å². The van der Waals surface area contributed by atoms with Crippen LogP contribution in [-0.4, -0.2) is 24.8 Å². The van der Waals surface area contributed by atoms with Gasteiger partial charge in [-0.3, -0.25) is 4.98 Å². The SMILES string of the molecule is CN(Cc1ccc(N)cc1)S(=O)(=O)c1cncc(F)c1. The standard InChI is InChI=1S/C13H14FN3O2S/c1-17(9-10-2-4-12(15)5-3-10)20(18,19)13-6-11(14)7-16-8-13/h2-8H,9,15H2,1H3. The zero-order chi connectivity index (χ0) is 14.8. The van der Waals surface area contributed by atoms with Gasteiger partial charge in [-0.25, -0.2) is 12.8 Å². The molecule has 2 rings (SSSR count). The third-order valence-corrected chi connectivity index (χ3v) is 4.54. The van der Waals surface area contributed by atoms with Crippen molar-refractivity contribution in [3.63, 3.8) is 0 Å². The monoisotopic (exact) mass is 295 g/mol. The predicted molar refractivity (Wildman–Crippen MR) is 73.7 cm³/mol. The first-order chi connectivity index (χ1) is 9.39. The van der Waals surface area contributed by atoms with Crippen molar-refractivity contribution in [3.05, 3.63) is 54.1 Å². The number of benzene rings is 1. The molecule has 2 aromatic rings. The maximum absolute atomic E-state index is 13.1. The number of nitrogens with zero attached hydrogens (tertiary/aromatic N) is 2. The molecule has 0 saturated carbocycles. The molecule has 0 bridgehead atoms. The van der Waals surface area contributed by atoms with Crippen LogP contribution in [0, 0.1) is 5.82 Å². The Kier molecular flexibility index (Phi) is 4.01. The first kappa shape index (κ1) is 14.4. The van der Waals surface area contributed by atoms with Crippen LogP contribution in [0.25, 0.3) is 0 Å². The van der Waals surface area contributed by atoms with Crippen molar-refractivity contribution in [2.45, 2.75) is 11.4 Å². The number of pyridine rings is 1. The van der Waals surface area contributed by atoms with E-state index in [0.717, 1.165) is 28.3 Å². The highest BCUT2D eigenvalue weighted by Crippen LogP contribution is 2.17. The van der Waals surface area contributed by atoms with E-state index in [1.54, 1.807) is 24.3 Å². The molecule has 0 fully saturated rings. The van der Waals surface area contributed by atoms with Gasteiger partial charge in [-0.1, -0.05) is 12.1 Å². The summed E-state index contributed by atoms with van der Waals surface area (Å²) in [4.78, 5) is 3.38. The molecule has 2 N–H and O–H groups in total. The van der Waals surface area contributed by atoms with Crippen molar-refractivity contribution >= 4 is 15.7 Å². The highest BCUT2D eigenvalue weighted by molar-refractivity contribution is 7.89. The molecule has 20 heavy (non-hydrogen) atoms. The molecule has 0 spiro atoms. The molecule has 0 radical (unpaired) electrons. The van der Waals surface area contributed by atoms with E-state index >= 15 is 0 Å². The Balaban J connectivity index is 2.23. The zero-order valence-electron chi connectivity index (χ0n) is 10.8. The molecular weight excluding hydrogens is 281 g/mol. The van der Waals surface area contributed by atoms with Gasteiger partial charge in [-0.2, -0.15) is 4.31 Å². The van der Waals surface area contributed by atoms with Gasteiger partial charge in [0.25, 0.3) is 0 Å². The molecule has 0 atom stereocenters. The highest BCUT2D eigenvalue weighted by atomic mass is 32.2. The molecule has 5 nitrogen and oxygen atoms in total. The smallest absolute Gasteiger partial charge is 0.244 e. The molecule has 7 heteroatoms. The predicted octanol–water partition coefficient (Wildman–Crippen LogP) is 1.62. The Morgan fingerprint density at radius 1 is 1.25 bits per heavy atom. The van der Waals surface area contributed by atoms with E-state index < -0.39 is 15.8 Å². The first-order valence-corrected chi connectivity index (χ1v) is 7.25. The average molecular weight is 295 g/mol. The third-order valence-electron chi connectivity index (χ3n) is 2.77. The average Bonchev–Trinajstić information content (AvgIpc) is 2.41. The number of sulfonamides is 1. The van der Waals surface area contributed by atoms with Gasteiger partial charge in [0.2, 0.25) is 10.0 Å². The van der Waals surface area contributed by atoms with E-state index in [9.17, 15) is 12.8 Å². The van der Waals surface area contributed by atoms with Crippen LogP contribution < -0.4 is 5.73 Å². The molecule has 0 aliphatic rings. The van der Waals surface area contributed by atoms with E-state index in [0.29, 0.717) is 5.69 Å². The Morgan fingerprint density at radius 2 is 1.90 bits per heavy atom. The normalized spacial score (nSPS) is 11.8. The number of rotatable bonds is 4. The maximum Gasteiger partial charge on any atom is 0.244 e. The quantitative estimate of drug-likeness (QED) is 0.870. The van der Waals surface area contributed by atoms with Gasteiger partial charge >= 0.3 is 0 Å². The molecule has 1 aromatic heterocycles. The first-order valence-electron chi connectivity index (χ1n) is 5.81. The van der Waals surface area contributed by atoms with Crippen molar-refractivity contribution < 1.29 is 12.8 Å². The minimum absolute atomic E-state index is 0.166. The molecule has 1 aromatic carbocycles. The highest BCUT2D eigenvalue weighted by Gasteiger charge is 2.21. The van der Waals surface area contributed by atoms with Gasteiger partial charge in [-0.05, 0) is 23.8 Å². The summed E-state index contributed by atoms with van der Waals surface area (Å²) in [5.74, 6) is -0.688. The van der Waals surface area contributed by atoms with Crippen LogP contribution in [0.15, 0.2) is 47.6 Å². The molecule has 1 heterocycles. The van der Waals surface area contributed by atoms with Crippen LogP contribution >= 0.6 is 0 Å². The number of hydrogen-bond donors (Lipinski definition) is 1. The molecule has 0 aliphatic carbocycles. The Bertz CT molecular complexity index is 702. The Morgan fingerprint density at radius 3 is 2.50 bits per heavy atom. The van der Waals surface area contributed by atoms with E-state index in [4.69, 9.17) is 5.73 Å². The third kappa shape index (κ3) is 3.12. The lowest BCUT2D eigenvalue weighted by Gasteiger charge is -2.17. The molecule has 0 saturated heterocycles. The van der Waals surface area contributed by atoms with Crippen LogP contribution in [-0.2, 0) is 16.6 Å². The van der Waals surface area contributed by atoms with Crippen molar-refractivity contribution in [3.8, 4) is 0 Å². The summed E-state index contributed by atoms with van der Waals surface area (Å²) in [5, 5.41) is 0. The van der Waals surface area contributed by atoms with Crippen LogP contribution in [0.2, 0.25) is 0 Å². The zero-order valence-corrected chi connectivity index (χ0v) is 11.6. The van der Waals surface area contributed by atoms with Gasteiger partial charge in [0, 0.05) is 25.5 Å². The van der Waals surface area contributed by atoms with Crippen molar-refractivity contribution in [2.75, 3.05) is 12.8 Å². The van der Waals surface area contributed by atoms with Crippen LogP contribution in [0.4, 0.5) is 10.1 Å². The van der Waals surface area contributed by atoms with Crippen molar-refractivity contribution in [2.24, 2.45) is 0 Å². The van der Waals surface area contributed by atoms with Gasteiger partial charge in [-0.15, -0.1) is 0 Å². The second-order valence-electron chi connectivity index (χ2n) is 4.34. The summed E-state index contributed by atoms with van der Waals surface area (Å²) >= 11 is 0. The van der Waals surface area contributed by atoms with Crippen molar-refractivity contribution in [1.29, 1.82) is 0 Å². The van der Waals surface area contributed by atoms with Gasteiger partial charge in [0.05, 0.1) is 6.20 Å². The number of nitrogen functional groups attached to an aromatic ring is 1. The fraction of sp³-hybridized carbons (Fsp3) is 0.154. The number of halogens is 1. The maximum atomic E-state index is 13.1. The van der Waals surface area contributed by atoms with E-state index in [1.807, 2.05) is 0 Å². The molecule has 0 unspecified atom stereocenters. The summed E-state index contributed by atoms with van der Waals surface area (Å²) in [6.07, 6.45) is 2.08. The van der Waals surface area contributed by atoms with E-state index in [2.05, 4.69) is 4.98 Å². The lowest BCUT2D eigenvalue weighted by atomic mass is 10.2. The summed E-state index contributed by atoms with van der Waals surface area (Å²) in [7, 11) is -2.34.